The van der Waals surface area contributed by atoms with Gasteiger partial charge in [-0.2, -0.15) is 0 Å². The fourth-order valence-corrected chi connectivity index (χ4v) is 4.10. The highest BCUT2D eigenvalue weighted by Crippen LogP contribution is 2.39. The van der Waals surface area contributed by atoms with Gasteiger partial charge in [-0.3, -0.25) is 4.98 Å². The first kappa shape index (κ1) is 10.4. The molecule has 0 bridgehead atoms. The van der Waals surface area contributed by atoms with E-state index in [1.807, 2.05) is 23.7 Å². The summed E-state index contributed by atoms with van der Waals surface area (Å²) in [4.78, 5) is 7.98. The van der Waals surface area contributed by atoms with Crippen molar-refractivity contribution in [2.24, 2.45) is 0 Å². The lowest BCUT2D eigenvalue weighted by Crippen LogP contribution is -1.79. The molecule has 5 aromatic rings. The average Bonchev–Trinajstić information content (AvgIpc) is 3.10. The second-order valence-electron chi connectivity index (χ2n) is 5.00. The quantitative estimate of drug-likeness (QED) is 0.419. The number of H-pyrrole nitrogens is 1. The summed E-state index contributed by atoms with van der Waals surface area (Å²) in [6.07, 6.45) is 3.88. The SMILES string of the molecule is c1c[nH]c2c(c1)sc1ccc3ccc4ccnc4c3c12. The second-order valence-corrected chi connectivity index (χ2v) is 6.08. The summed E-state index contributed by atoms with van der Waals surface area (Å²) in [5.41, 5.74) is 2.32. The minimum absolute atomic E-state index is 1.10. The Morgan fingerprint density at radius 1 is 0.850 bits per heavy atom. The van der Waals surface area contributed by atoms with E-state index < -0.39 is 0 Å². The van der Waals surface area contributed by atoms with Crippen molar-refractivity contribution in [1.29, 1.82) is 0 Å². The zero-order valence-corrected chi connectivity index (χ0v) is 11.4. The van der Waals surface area contributed by atoms with Crippen LogP contribution in [-0.4, -0.2) is 9.97 Å². The Labute approximate surface area is 118 Å². The van der Waals surface area contributed by atoms with E-state index >= 15 is 0 Å². The molecule has 2 aromatic carbocycles. The predicted molar refractivity (Wildman–Crippen MR) is 86.5 cm³/mol. The highest BCUT2D eigenvalue weighted by atomic mass is 32.1. The van der Waals surface area contributed by atoms with E-state index in [1.54, 1.807) is 0 Å². The Hall–Kier alpha value is -2.39. The normalized spacial score (nSPS) is 12.0. The van der Waals surface area contributed by atoms with Crippen LogP contribution in [0.1, 0.15) is 0 Å². The fraction of sp³-hybridized carbons (Fsp3) is 0. The summed E-state index contributed by atoms with van der Waals surface area (Å²) < 4.78 is 2.60. The molecule has 0 spiro atoms. The molecule has 0 aliphatic heterocycles. The molecule has 1 N–H and O–H groups in total. The maximum atomic E-state index is 4.57. The molecule has 0 aliphatic rings. The van der Waals surface area contributed by atoms with E-state index in [9.17, 15) is 0 Å². The van der Waals surface area contributed by atoms with Gasteiger partial charge in [-0.05, 0) is 29.7 Å². The van der Waals surface area contributed by atoms with Crippen molar-refractivity contribution in [1.82, 2.24) is 9.97 Å². The molecular formula is C17H10N2S. The number of thiophene rings is 1. The third-order valence-electron chi connectivity index (χ3n) is 3.90. The van der Waals surface area contributed by atoms with Crippen LogP contribution in [-0.2, 0) is 0 Å². The molecule has 5 rings (SSSR count). The van der Waals surface area contributed by atoms with E-state index in [4.69, 9.17) is 0 Å². The lowest BCUT2D eigenvalue weighted by molar-refractivity contribution is 1.44. The molecule has 0 amide bonds. The molecule has 0 radical (unpaired) electrons. The maximum Gasteiger partial charge on any atom is 0.0788 e. The van der Waals surface area contributed by atoms with Crippen LogP contribution in [0.25, 0.3) is 42.0 Å². The van der Waals surface area contributed by atoms with Crippen LogP contribution in [0, 0.1) is 0 Å². The van der Waals surface area contributed by atoms with Gasteiger partial charge in [0.25, 0.3) is 0 Å². The topological polar surface area (TPSA) is 28.7 Å². The van der Waals surface area contributed by atoms with Crippen molar-refractivity contribution in [3.8, 4) is 0 Å². The molecule has 0 fully saturated rings. The highest BCUT2D eigenvalue weighted by Gasteiger charge is 2.12. The summed E-state index contributed by atoms with van der Waals surface area (Å²) in [5, 5.41) is 5.02. The molecule has 2 nitrogen and oxygen atoms in total. The Bertz CT molecular complexity index is 1100. The number of rotatable bonds is 0. The van der Waals surface area contributed by atoms with Crippen molar-refractivity contribution in [2.45, 2.75) is 0 Å². The van der Waals surface area contributed by atoms with Crippen molar-refractivity contribution in [3.63, 3.8) is 0 Å². The van der Waals surface area contributed by atoms with E-state index in [-0.39, 0.29) is 0 Å². The molecule has 0 atom stereocenters. The van der Waals surface area contributed by atoms with E-state index in [2.05, 4.69) is 52.4 Å². The Morgan fingerprint density at radius 2 is 1.75 bits per heavy atom. The Balaban J connectivity index is 2.21. The fourth-order valence-electron chi connectivity index (χ4n) is 3.02. The van der Waals surface area contributed by atoms with E-state index in [0.29, 0.717) is 0 Å². The third-order valence-corrected chi connectivity index (χ3v) is 5.02. The zero-order chi connectivity index (χ0) is 13.1. The van der Waals surface area contributed by atoms with Gasteiger partial charge in [-0.1, -0.05) is 18.2 Å². The van der Waals surface area contributed by atoms with E-state index in [1.165, 1.54) is 36.5 Å². The third kappa shape index (κ3) is 1.20. The molecule has 3 aromatic heterocycles. The van der Waals surface area contributed by atoms with Crippen LogP contribution in [0.3, 0.4) is 0 Å². The first-order valence-corrected chi connectivity index (χ1v) is 7.39. The van der Waals surface area contributed by atoms with Crippen molar-refractivity contribution >= 4 is 53.3 Å². The molecular weight excluding hydrogens is 264 g/mol. The van der Waals surface area contributed by atoms with E-state index in [0.717, 1.165) is 5.52 Å². The number of fused-ring (bicyclic) bond motifs is 7. The minimum atomic E-state index is 1.10. The number of nitrogens with zero attached hydrogens (tertiary/aromatic N) is 1. The van der Waals surface area contributed by atoms with Crippen LogP contribution >= 0.6 is 11.3 Å². The van der Waals surface area contributed by atoms with Gasteiger partial charge in [0, 0.05) is 33.3 Å². The molecule has 94 valence electrons. The van der Waals surface area contributed by atoms with Gasteiger partial charge >= 0.3 is 0 Å². The van der Waals surface area contributed by atoms with Crippen LogP contribution in [0.4, 0.5) is 0 Å². The van der Waals surface area contributed by atoms with Crippen molar-refractivity contribution in [3.05, 3.63) is 54.9 Å². The van der Waals surface area contributed by atoms with Gasteiger partial charge in [-0.15, -0.1) is 11.3 Å². The molecule has 20 heavy (non-hydrogen) atoms. The van der Waals surface area contributed by atoms with Gasteiger partial charge < -0.3 is 4.98 Å². The molecule has 3 heteroatoms. The summed E-state index contributed by atoms with van der Waals surface area (Å²) in [6.45, 7) is 0. The van der Waals surface area contributed by atoms with Crippen LogP contribution in [0.2, 0.25) is 0 Å². The van der Waals surface area contributed by atoms with Gasteiger partial charge in [0.15, 0.2) is 0 Å². The van der Waals surface area contributed by atoms with Gasteiger partial charge in [-0.25, -0.2) is 0 Å². The summed E-state index contributed by atoms with van der Waals surface area (Å²) >= 11 is 1.83. The standard InChI is InChI=1S/C17H10N2S/c1-2-13-17(18-8-1)15-12(20-13)6-5-10-3-4-11-7-9-19-16(11)14(10)15/h1-9,18H. The number of aromatic amines is 1. The average molecular weight is 274 g/mol. The predicted octanol–water partition coefficient (Wildman–Crippen LogP) is 5.08. The lowest BCUT2D eigenvalue weighted by atomic mass is 10.0. The number of aromatic nitrogens is 2. The Kier molecular flexibility index (Phi) is 1.86. The molecule has 0 saturated carbocycles. The molecule has 0 aliphatic carbocycles. The first-order chi connectivity index (χ1) is 9.92. The number of pyridine rings is 1. The molecule has 0 saturated heterocycles. The number of hydrogen-bond acceptors (Lipinski definition) is 2. The number of benzene rings is 2. The Morgan fingerprint density at radius 3 is 2.75 bits per heavy atom. The number of nitrogens with one attached hydrogen (secondary N) is 1. The second kappa shape index (κ2) is 3.58. The van der Waals surface area contributed by atoms with Crippen molar-refractivity contribution in [2.75, 3.05) is 0 Å². The minimum Gasteiger partial charge on any atom is -0.360 e. The van der Waals surface area contributed by atoms with Crippen LogP contribution in [0.5, 0.6) is 0 Å². The number of hydrogen-bond donors (Lipinski definition) is 1. The highest BCUT2D eigenvalue weighted by molar-refractivity contribution is 7.26. The maximum absolute atomic E-state index is 4.57. The van der Waals surface area contributed by atoms with Crippen LogP contribution in [0.15, 0.2) is 54.9 Å². The summed E-state index contributed by atoms with van der Waals surface area (Å²) in [6, 6.07) is 15.0. The monoisotopic (exact) mass is 274 g/mol. The summed E-state index contributed by atoms with van der Waals surface area (Å²) in [7, 11) is 0. The van der Waals surface area contributed by atoms with Gasteiger partial charge in [0.1, 0.15) is 0 Å². The lowest BCUT2D eigenvalue weighted by Gasteiger charge is -2.02. The summed E-state index contributed by atoms with van der Waals surface area (Å²) in [5.74, 6) is 0. The smallest absolute Gasteiger partial charge is 0.0788 e. The van der Waals surface area contributed by atoms with Gasteiger partial charge in [0.2, 0.25) is 0 Å². The molecule has 0 unspecified atom stereocenters. The van der Waals surface area contributed by atoms with Crippen molar-refractivity contribution < 1.29 is 0 Å². The zero-order valence-electron chi connectivity index (χ0n) is 10.6. The van der Waals surface area contributed by atoms with Crippen LogP contribution < -0.4 is 0 Å². The van der Waals surface area contributed by atoms with Gasteiger partial charge in [0.05, 0.1) is 15.7 Å². The largest absolute Gasteiger partial charge is 0.360 e. The first-order valence-electron chi connectivity index (χ1n) is 6.58. The molecule has 3 heterocycles.